The maximum absolute atomic E-state index is 14.7. The maximum atomic E-state index is 14.7. The molecule has 142 valence electrons. The van der Waals surface area contributed by atoms with Gasteiger partial charge in [0.15, 0.2) is 0 Å². The van der Waals surface area contributed by atoms with E-state index in [0.717, 1.165) is 5.57 Å². The molecule has 0 unspecified atom stereocenters. The van der Waals surface area contributed by atoms with E-state index in [4.69, 9.17) is 25.4 Å². The predicted octanol–water partition coefficient (Wildman–Crippen LogP) is 3.49. The molecule has 3 rings (SSSR count). The summed E-state index contributed by atoms with van der Waals surface area (Å²) < 4.78 is 16.3. The molecular weight excluding hydrogens is 377 g/mol. The minimum absolute atomic E-state index is 0.149. The summed E-state index contributed by atoms with van der Waals surface area (Å²) in [7, 11) is 0. The Morgan fingerprint density at radius 2 is 2.00 bits per heavy atom. The van der Waals surface area contributed by atoms with Crippen molar-refractivity contribution >= 4 is 22.9 Å². The normalized spacial score (nSPS) is 13.6. The number of aromatic nitrogens is 3. The first-order chi connectivity index (χ1) is 13.5. The topological polar surface area (TPSA) is 54.7 Å². The Bertz CT molecular complexity index is 986. The molecule has 2 heterocycles. The van der Waals surface area contributed by atoms with Crippen LogP contribution in [0.4, 0.5) is 10.1 Å². The first-order valence-electron chi connectivity index (χ1n) is 8.69. The molecule has 28 heavy (non-hydrogen) atoms. The molecule has 1 aromatic heterocycles. The Labute approximate surface area is 168 Å². The molecule has 2 aromatic rings. The van der Waals surface area contributed by atoms with Gasteiger partial charge in [-0.2, -0.15) is 9.69 Å². The number of nitrogens with one attached hydrogen (secondary N) is 1. The van der Waals surface area contributed by atoms with Crippen LogP contribution in [0.2, 0.25) is 0 Å². The smallest absolute Gasteiger partial charge is 0.374 e. The molecular formula is C19H18FN7S. The largest absolute Gasteiger partial charge is 0.518 e. The van der Waals surface area contributed by atoms with Gasteiger partial charge in [-0.25, -0.2) is 9.07 Å². The van der Waals surface area contributed by atoms with Gasteiger partial charge in [-0.1, -0.05) is 17.4 Å². The Morgan fingerprint density at radius 1 is 1.29 bits per heavy atom. The molecule has 9 heteroatoms. The van der Waals surface area contributed by atoms with E-state index in [9.17, 15) is 4.39 Å². The van der Waals surface area contributed by atoms with Crippen LogP contribution in [0, 0.1) is 19.0 Å². The fourth-order valence-electron chi connectivity index (χ4n) is 3.04. The summed E-state index contributed by atoms with van der Waals surface area (Å²) in [6.07, 6.45) is 2.92. The summed E-state index contributed by atoms with van der Waals surface area (Å²) in [5.74, 6) is -0.193. The lowest BCUT2D eigenvalue weighted by Crippen LogP contribution is -2.31. The molecule has 1 saturated heterocycles. The van der Waals surface area contributed by atoms with E-state index in [2.05, 4.69) is 25.3 Å². The molecule has 0 spiro atoms. The molecule has 0 radical (unpaired) electrons. The quantitative estimate of drug-likeness (QED) is 0.634. The number of hydrogen-bond donors (Lipinski definition) is 1. The van der Waals surface area contributed by atoms with Crippen LogP contribution < -0.4 is 10.2 Å². The van der Waals surface area contributed by atoms with Gasteiger partial charge in [0.1, 0.15) is 24.7 Å². The third-order valence-electron chi connectivity index (χ3n) is 4.49. The van der Waals surface area contributed by atoms with Crippen LogP contribution in [-0.4, -0.2) is 33.1 Å². The van der Waals surface area contributed by atoms with Crippen LogP contribution in [0.25, 0.3) is 15.4 Å². The van der Waals surface area contributed by atoms with Crippen molar-refractivity contribution in [2.45, 2.75) is 26.3 Å². The van der Waals surface area contributed by atoms with Crippen molar-refractivity contribution in [2.75, 3.05) is 18.0 Å². The summed E-state index contributed by atoms with van der Waals surface area (Å²) in [5.41, 5.74) is 2.65. The van der Waals surface area contributed by atoms with Crippen molar-refractivity contribution in [1.29, 1.82) is 0 Å². The van der Waals surface area contributed by atoms with Gasteiger partial charge < -0.3 is 10.2 Å². The van der Waals surface area contributed by atoms with Gasteiger partial charge in [0.25, 0.3) is 0 Å². The van der Waals surface area contributed by atoms with Gasteiger partial charge in [0, 0.05) is 24.7 Å². The van der Waals surface area contributed by atoms with Crippen LogP contribution >= 0.6 is 12.2 Å². The molecule has 0 atom stereocenters. The first-order valence-corrected chi connectivity index (χ1v) is 9.10. The Balaban J connectivity index is 1.72. The number of benzene rings is 1. The van der Waals surface area contributed by atoms with E-state index < -0.39 is 0 Å². The molecule has 1 N–H and O–H groups in total. The summed E-state index contributed by atoms with van der Waals surface area (Å²) in [5, 5.41) is 11.1. The summed E-state index contributed by atoms with van der Waals surface area (Å²) in [4.78, 5) is 9.15. The minimum atomic E-state index is -0.342. The fourth-order valence-corrected chi connectivity index (χ4v) is 3.11. The van der Waals surface area contributed by atoms with Gasteiger partial charge in [-0.3, -0.25) is 0 Å². The van der Waals surface area contributed by atoms with Crippen LogP contribution in [0.1, 0.15) is 25.5 Å². The molecule has 1 aromatic carbocycles. The zero-order valence-electron chi connectivity index (χ0n) is 15.3. The zero-order valence-corrected chi connectivity index (χ0v) is 16.1. The fraction of sp³-hybridized carbons (Fsp3) is 0.316. The Morgan fingerprint density at radius 3 is 2.61 bits per heavy atom. The number of halogens is 1. The average molecular weight is 395 g/mol. The van der Waals surface area contributed by atoms with Crippen molar-refractivity contribution < 1.29 is 4.39 Å². The van der Waals surface area contributed by atoms with E-state index >= 15 is 0 Å². The van der Waals surface area contributed by atoms with Crippen molar-refractivity contribution in [3.63, 3.8) is 0 Å². The third-order valence-corrected chi connectivity index (χ3v) is 4.64. The number of hydrogen-bond acceptors (Lipinski definition) is 4. The highest BCUT2D eigenvalue weighted by molar-refractivity contribution is 7.80. The van der Waals surface area contributed by atoms with Crippen LogP contribution in [0.5, 0.6) is 0 Å². The van der Waals surface area contributed by atoms with Crippen LogP contribution in [0.15, 0.2) is 35.8 Å². The maximum Gasteiger partial charge on any atom is 0.518 e. The molecule has 1 fully saturated rings. The van der Waals surface area contributed by atoms with E-state index in [-0.39, 0.29) is 11.6 Å². The number of rotatable bonds is 4. The highest BCUT2D eigenvalue weighted by atomic mass is 32.1. The number of nitrogens with zero attached hydrogens (tertiary/aromatic N) is 6. The Kier molecular flexibility index (Phi) is 5.97. The van der Waals surface area contributed by atoms with Gasteiger partial charge in [0.2, 0.25) is 0 Å². The minimum Gasteiger partial charge on any atom is -0.374 e. The second-order valence-electron chi connectivity index (χ2n) is 6.34. The van der Waals surface area contributed by atoms with Crippen molar-refractivity contribution in [2.24, 2.45) is 0 Å². The molecule has 0 amide bonds. The lowest BCUT2D eigenvalue weighted by atomic mass is 10.0. The van der Waals surface area contributed by atoms with Gasteiger partial charge in [0.05, 0.1) is 29.1 Å². The zero-order chi connectivity index (χ0) is 20.1. The summed E-state index contributed by atoms with van der Waals surface area (Å²) >= 11 is 4.97. The summed E-state index contributed by atoms with van der Waals surface area (Å²) in [6, 6.07) is 4.95. The summed E-state index contributed by atoms with van der Waals surface area (Å²) in [6.45, 7) is 17.5. The lowest BCUT2D eigenvalue weighted by Gasteiger charge is -2.30. The molecule has 1 aliphatic heterocycles. The lowest BCUT2D eigenvalue weighted by molar-refractivity contribution is 0.601. The average Bonchev–Trinajstić information content (AvgIpc) is 3.17. The molecule has 0 saturated carbocycles. The van der Waals surface area contributed by atoms with E-state index in [1.54, 1.807) is 25.3 Å². The standard InChI is InChI=1S/C19H18FN7S/c1-13(28)23-11-15-12-27(25-24-15)16-4-5-18(17(20)10-16)26-8-6-14(7-9-26)19(21-2)22-3/h4-5,10,12H,6-9,11H2,1H3,(H,23,28). The third kappa shape index (κ3) is 4.33. The van der Waals surface area contributed by atoms with Gasteiger partial charge in [-0.05, 0) is 31.9 Å². The number of thiocarbonyl (C=S) groups is 1. The predicted molar refractivity (Wildman–Crippen MR) is 108 cm³/mol. The second-order valence-corrected chi connectivity index (χ2v) is 6.95. The monoisotopic (exact) mass is 395 g/mol. The number of piperidine rings is 1. The van der Waals surface area contributed by atoms with E-state index in [0.29, 0.717) is 54.5 Å². The second kappa shape index (κ2) is 8.59. The van der Waals surface area contributed by atoms with Crippen LogP contribution in [0.3, 0.4) is 0 Å². The van der Waals surface area contributed by atoms with E-state index in [1.807, 2.05) is 4.90 Å². The van der Waals surface area contributed by atoms with Gasteiger partial charge in [-0.15, -0.1) is 5.10 Å². The molecule has 0 bridgehead atoms. The first kappa shape index (κ1) is 19.5. The molecule has 0 aliphatic carbocycles. The Hall–Kier alpha value is -3.30. The van der Waals surface area contributed by atoms with Crippen molar-refractivity contribution in [3.8, 4) is 5.69 Å². The van der Waals surface area contributed by atoms with Crippen LogP contribution in [-0.2, 0) is 6.54 Å². The molecule has 1 aliphatic rings. The highest BCUT2D eigenvalue weighted by Crippen LogP contribution is 2.28. The van der Waals surface area contributed by atoms with Gasteiger partial charge >= 0.3 is 5.82 Å². The van der Waals surface area contributed by atoms with Crippen molar-refractivity contribution in [3.05, 3.63) is 70.1 Å². The highest BCUT2D eigenvalue weighted by Gasteiger charge is 2.23. The molecule has 7 nitrogen and oxygen atoms in total. The SMILES string of the molecule is [C-]#[N+]C([N+]#[C-])=C1CCN(c2ccc(-n3cc(CNC(C)=S)nn3)cc2F)CC1. The number of anilines is 1. The van der Waals surface area contributed by atoms with Crippen molar-refractivity contribution in [1.82, 2.24) is 20.3 Å². The van der Waals surface area contributed by atoms with E-state index in [1.165, 1.54) is 10.7 Å².